The first-order valence-electron chi connectivity index (χ1n) is 6.05. The molecule has 0 aliphatic heterocycles. The standard InChI is InChI=1S/C12H25N/c1-4-7-11-8-12(11)13-9-10(5-2)6-3/h10-13H,4-9H2,1-3H3. The van der Waals surface area contributed by atoms with Gasteiger partial charge in [0.25, 0.3) is 0 Å². The van der Waals surface area contributed by atoms with Gasteiger partial charge in [-0.1, -0.05) is 40.0 Å². The quantitative estimate of drug-likeness (QED) is 0.639. The van der Waals surface area contributed by atoms with E-state index in [0.29, 0.717) is 0 Å². The molecule has 0 heterocycles. The molecule has 0 amide bonds. The minimum atomic E-state index is 0.876. The number of rotatable bonds is 7. The van der Waals surface area contributed by atoms with Crippen LogP contribution >= 0.6 is 0 Å². The highest BCUT2D eigenvalue weighted by molar-refractivity contribution is 4.92. The zero-order valence-electron chi connectivity index (χ0n) is 9.47. The van der Waals surface area contributed by atoms with Gasteiger partial charge in [-0.2, -0.15) is 0 Å². The van der Waals surface area contributed by atoms with Crippen molar-refractivity contribution in [3.8, 4) is 0 Å². The number of nitrogens with one attached hydrogen (secondary N) is 1. The van der Waals surface area contributed by atoms with Crippen LogP contribution in [0.1, 0.15) is 52.9 Å². The van der Waals surface area contributed by atoms with E-state index < -0.39 is 0 Å². The Bertz CT molecular complexity index is 129. The predicted molar refractivity (Wildman–Crippen MR) is 58.9 cm³/mol. The molecule has 0 bridgehead atoms. The van der Waals surface area contributed by atoms with E-state index in [2.05, 4.69) is 26.1 Å². The number of hydrogen-bond acceptors (Lipinski definition) is 1. The second kappa shape index (κ2) is 5.64. The van der Waals surface area contributed by atoms with Gasteiger partial charge in [0.05, 0.1) is 0 Å². The molecule has 0 radical (unpaired) electrons. The van der Waals surface area contributed by atoms with Crippen LogP contribution in [0.25, 0.3) is 0 Å². The highest BCUT2D eigenvalue weighted by Crippen LogP contribution is 2.34. The summed E-state index contributed by atoms with van der Waals surface area (Å²) >= 11 is 0. The molecule has 0 saturated heterocycles. The van der Waals surface area contributed by atoms with Gasteiger partial charge in [-0.15, -0.1) is 0 Å². The van der Waals surface area contributed by atoms with Crippen molar-refractivity contribution in [1.29, 1.82) is 0 Å². The monoisotopic (exact) mass is 183 g/mol. The highest BCUT2D eigenvalue weighted by atomic mass is 15.0. The summed E-state index contributed by atoms with van der Waals surface area (Å²) in [5.74, 6) is 1.92. The van der Waals surface area contributed by atoms with E-state index in [0.717, 1.165) is 17.9 Å². The second-order valence-corrected chi connectivity index (χ2v) is 4.48. The highest BCUT2D eigenvalue weighted by Gasteiger charge is 2.35. The van der Waals surface area contributed by atoms with Gasteiger partial charge in [-0.25, -0.2) is 0 Å². The Hall–Kier alpha value is -0.0400. The summed E-state index contributed by atoms with van der Waals surface area (Å²) in [7, 11) is 0. The van der Waals surface area contributed by atoms with E-state index in [1.54, 1.807) is 0 Å². The minimum absolute atomic E-state index is 0.876. The molecular weight excluding hydrogens is 158 g/mol. The molecule has 1 nitrogen and oxygen atoms in total. The molecular formula is C12H25N. The summed E-state index contributed by atoms with van der Waals surface area (Å²) in [5.41, 5.74) is 0. The summed E-state index contributed by atoms with van der Waals surface area (Å²) in [6.07, 6.45) is 6.88. The molecule has 2 unspecified atom stereocenters. The molecule has 1 N–H and O–H groups in total. The van der Waals surface area contributed by atoms with Crippen molar-refractivity contribution >= 4 is 0 Å². The summed E-state index contributed by atoms with van der Waals surface area (Å²) in [4.78, 5) is 0. The molecule has 2 atom stereocenters. The number of hydrogen-bond donors (Lipinski definition) is 1. The Labute approximate surface area is 83.3 Å². The molecule has 0 aromatic rings. The molecule has 0 spiro atoms. The lowest BCUT2D eigenvalue weighted by Gasteiger charge is -2.12. The van der Waals surface area contributed by atoms with Gasteiger partial charge in [-0.05, 0) is 31.2 Å². The maximum absolute atomic E-state index is 3.69. The van der Waals surface area contributed by atoms with Crippen LogP contribution in [0.5, 0.6) is 0 Å². The lowest BCUT2D eigenvalue weighted by molar-refractivity contribution is 0.439. The fourth-order valence-electron chi connectivity index (χ4n) is 2.08. The van der Waals surface area contributed by atoms with E-state index in [-0.39, 0.29) is 0 Å². The van der Waals surface area contributed by atoms with Crippen molar-refractivity contribution < 1.29 is 0 Å². The first-order valence-corrected chi connectivity index (χ1v) is 6.05. The van der Waals surface area contributed by atoms with Crippen LogP contribution in [0.15, 0.2) is 0 Å². The molecule has 1 aliphatic carbocycles. The van der Waals surface area contributed by atoms with Crippen LogP contribution in [-0.2, 0) is 0 Å². The van der Waals surface area contributed by atoms with Gasteiger partial charge in [0, 0.05) is 6.04 Å². The van der Waals surface area contributed by atoms with E-state index >= 15 is 0 Å². The van der Waals surface area contributed by atoms with Gasteiger partial charge in [0.1, 0.15) is 0 Å². The van der Waals surface area contributed by atoms with Gasteiger partial charge < -0.3 is 5.32 Å². The normalized spacial score (nSPS) is 26.8. The zero-order chi connectivity index (χ0) is 9.68. The van der Waals surface area contributed by atoms with Crippen LogP contribution in [0.4, 0.5) is 0 Å². The Morgan fingerprint density at radius 2 is 1.92 bits per heavy atom. The van der Waals surface area contributed by atoms with E-state index in [4.69, 9.17) is 0 Å². The zero-order valence-corrected chi connectivity index (χ0v) is 9.47. The van der Waals surface area contributed by atoms with Crippen LogP contribution < -0.4 is 5.32 Å². The fourth-order valence-corrected chi connectivity index (χ4v) is 2.08. The van der Waals surface area contributed by atoms with Gasteiger partial charge >= 0.3 is 0 Å². The third-order valence-corrected chi connectivity index (χ3v) is 3.41. The molecule has 1 aliphatic rings. The SMILES string of the molecule is CCCC1CC1NCC(CC)CC. The molecule has 78 valence electrons. The second-order valence-electron chi connectivity index (χ2n) is 4.48. The topological polar surface area (TPSA) is 12.0 Å². The Kier molecular flexibility index (Phi) is 4.79. The third kappa shape index (κ3) is 3.68. The maximum Gasteiger partial charge on any atom is 0.00992 e. The van der Waals surface area contributed by atoms with Gasteiger partial charge in [0.15, 0.2) is 0 Å². The van der Waals surface area contributed by atoms with Crippen molar-refractivity contribution in [2.45, 2.75) is 58.9 Å². The average molecular weight is 183 g/mol. The van der Waals surface area contributed by atoms with Gasteiger partial charge in [0.2, 0.25) is 0 Å². The van der Waals surface area contributed by atoms with E-state index in [1.165, 1.54) is 38.6 Å². The Morgan fingerprint density at radius 3 is 2.46 bits per heavy atom. The van der Waals surface area contributed by atoms with Crippen molar-refractivity contribution in [1.82, 2.24) is 5.32 Å². The van der Waals surface area contributed by atoms with Crippen LogP contribution in [0.3, 0.4) is 0 Å². The maximum atomic E-state index is 3.69. The average Bonchev–Trinajstić information content (AvgIpc) is 2.86. The summed E-state index contributed by atoms with van der Waals surface area (Å²) in [6.45, 7) is 8.13. The summed E-state index contributed by atoms with van der Waals surface area (Å²) < 4.78 is 0. The Morgan fingerprint density at radius 1 is 1.23 bits per heavy atom. The first kappa shape index (κ1) is 11.0. The molecule has 1 fully saturated rings. The van der Waals surface area contributed by atoms with Crippen LogP contribution in [-0.4, -0.2) is 12.6 Å². The predicted octanol–water partition coefficient (Wildman–Crippen LogP) is 3.20. The van der Waals surface area contributed by atoms with E-state index in [1.807, 2.05) is 0 Å². The van der Waals surface area contributed by atoms with Gasteiger partial charge in [-0.3, -0.25) is 0 Å². The minimum Gasteiger partial charge on any atom is -0.313 e. The molecule has 0 aromatic carbocycles. The molecule has 1 saturated carbocycles. The smallest absolute Gasteiger partial charge is 0.00992 e. The van der Waals surface area contributed by atoms with Crippen molar-refractivity contribution in [3.63, 3.8) is 0 Å². The summed E-state index contributed by atoms with van der Waals surface area (Å²) in [6, 6.07) is 0.876. The Balaban J connectivity index is 2.01. The lowest BCUT2D eigenvalue weighted by atomic mass is 10.0. The first-order chi connectivity index (χ1) is 6.31. The van der Waals surface area contributed by atoms with Crippen molar-refractivity contribution in [2.24, 2.45) is 11.8 Å². The molecule has 1 heteroatoms. The third-order valence-electron chi connectivity index (χ3n) is 3.41. The van der Waals surface area contributed by atoms with Crippen molar-refractivity contribution in [2.75, 3.05) is 6.54 Å². The van der Waals surface area contributed by atoms with Crippen LogP contribution in [0.2, 0.25) is 0 Å². The molecule has 1 rings (SSSR count). The van der Waals surface area contributed by atoms with Crippen molar-refractivity contribution in [3.05, 3.63) is 0 Å². The largest absolute Gasteiger partial charge is 0.313 e. The fraction of sp³-hybridized carbons (Fsp3) is 1.00. The summed E-state index contributed by atoms with van der Waals surface area (Å²) in [5, 5.41) is 3.69. The molecule has 13 heavy (non-hydrogen) atoms. The van der Waals surface area contributed by atoms with E-state index in [9.17, 15) is 0 Å². The lowest BCUT2D eigenvalue weighted by Crippen LogP contribution is -2.25. The molecule has 0 aromatic heterocycles. The van der Waals surface area contributed by atoms with Crippen LogP contribution in [0, 0.1) is 11.8 Å².